The highest BCUT2D eigenvalue weighted by Gasteiger charge is 2.20. The number of carbonyl (C=O) groups excluding carboxylic acids is 1. The fourth-order valence-electron chi connectivity index (χ4n) is 1.28. The van der Waals surface area contributed by atoms with E-state index in [4.69, 9.17) is 5.73 Å². The molecule has 0 unspecified atom stereocenters. The first-order valence-electron chi connectivity index (χ1n) is 5.10. The molecule has 0 saturated carbocycles. The SMILES string of the molecule is CCC(C)(C)NC(=O)c1cc(N)cn1C. The van der Waals surface area contributed by atoms with Crippen molar-refractivity contribution >= 4 is 11.6 Å². The first-order chi connectivity index (χ1) is 6.85. The van der Waals surface area contributed by atoms with E-state index in [2.05, 4.69) is 5.32 Å². The summed E-state index contributed by atoms with van der Waals surface area (Å²) in [6.07, 6.45) is 2.62. The highest BCUT2D eigenvalue weighted by molar-refractivity contribution is 5.94. The van der Waals surface area contributed by atoms with Crippen LogP contribution in [-0.4, -0.2) is 16.0 Å². The normalized spacial score (nSPS) is 11.5. The van der Waals surface area contributed by atoms with Crippen molar-refractivity contribution in [1.82, 2.24) is 9.88 Å². The summed E-state index contributed by atoms with van der Waals surface area (Å²) in [5.41, 5.74) is 6.63. The molecule has 4 heteroatoms. The maximum absolute atomic E-state index is 11.9. The average Bonchev–Trinajstić information content (AvgIpc) is 2.45. The van der Waals surface area contributed by atoms with Crippen LogP contribution in [0.15, 0.2) is 12.3 Å². The van der Waals surface area contributed by atoms with Crippen LogP contribution in [0.1, 0.15) is 37.7 Å². The number of anilines is 1. The van der Waals surface area contributed by atoms with Gasteiger partial charge in [0.1, 0.15) is 5.69 Å². The lowest BCUT2D eigenvalue weighted by Crippen LogP contribution is -2.43. The maximum atomic E-state index is 11.9. The number of aromatic nitrogens is 1. The Kier molecular flexibility index (Phi) is 3.07. The second-order valence-corrected chi connectivity index (χ2v) is 4.46. The summed E-state index contributed by atoms with van der Waals surface area (Å²) >= 11 is 0. The summed E-state index contributed by atoms with van der Waals surface area (Å²) in [5.74, 6) is -0.0824. The molecule has 1 rings (SSSR count). The minimum Gasteiger partial charge on any atom is -0.397 e. The van der Waals surface area contributed by atoms with Crippen molar-refractivity contribution in [2.45, 2.75) is 32.7 Å². The number of nitrogens with two attached hydrogens (primary N) is 1. The Morgan fingerprint density at radius 1 is 1.60 bits per heavy atom. The quantitative estimate of drug-likeness (QED) is 0.793. The smallest absolute Gasteiger partial charge is 0.268 e. The van der Waals surface area contributed by atoms with Crippen LogP contribution in [0, 0.1) is 0 Å². The molecule has 0 spiro atoms. The zero-order valence-electron chi connectivity index (χ0n) is 9.79. The summed E-state index contributed by atoms with van der Waals surface area (Å²) in [6.45, 7) is 6.04. The van der Waals surface area contributed by atoms with Crippen molar-refractivity contribution < 1.29 is 4.79 Å². The molecule has 3 N–H and O–H groups in total. The van der Waals surface area contributed by atoms with Crippen molar-refractivity contribution in [2.24, 2.45) is 7.05 Å². The standard InChI is InChI=1S/C11H19N3O/c1-5-11(2,3)13-10(15)9-6-8(12)7-14(9)4/h6-7H,5,12H2,1-4H3,(H,13,15). The van der Waals surface area contributed by atoms with Gasteiger partial charge in [-0.2, -0.15) is 0 Å². The Morgan fingerprint density at radius 3 is 2.60 bits per heavy atom. The van der Waals surface area contributed by atoms with Gasteiger partial charge in [-0.15, -0.1) is 0 Å². The van der Waals surface area contributed by atoms with Gasteiger partial charge in [-0.1, -0.05) is 6.92 Å². The molecular weight excluding hydrogens is 190 g/mol. The van der Waals surface area contributed by atoms with Gasteiger partial charge in [0.2, 0.25) is 0 Å². The molecule has 0 aromatic carbocycles. The molecular formula is C11H19N3O. The molecule has 1 aromatic rings. The van der Waals surface area contributed by atoms with Gasteiger partial charge < -0.3 is 15.6 Å². The molecule has 0 radical (unpaired) electrons. The molecule has 0 fully saturated rings. The van der Waals surface area contributed by atoms with Crippen LogP contribution < -0.4 is 11.1 Å². The first kappa shape index (κ1) is 11.6. The van der Waals surface area contributed by atoms with Gasteiger partial charge in [-0.3, -0.25) is 4.79 Å². The van der Waals surface area contributed by atoms with Gasteiger partial charge in [0, 0.05) is 18.8 Å². The molecule has 0 aliphatic carbocycles. The van der Waals surface area contributed by atoms with Crippen molar-refractivity contribution in [3.63, 3.8) is 0 Å². The van der Waals surface area contributed by atoms with Gasteiger partial charge >= 0.3 is 0 Å². The van der Waals surface area contributed by atoms with Crippen LogP contribution in [-0.2, 0) is 7.05 Å². The van der Waals surface area contributed by atoms with E-state index in [0.29, 0.717) is 11.4 Å². The molecule has 1 heterocycles. The molecule has 0 saturated heterocycles. The number of nitrogen functional groups attached to an aromatic ring is 1. The fraction of sp³-hybridized carbons (Fsp3) is 0.545. The minimum absolute atomic E-state index is 0.0824. The topological polar surface area (TPSA) is 60.1 Å². The highest BCUT2D eigenvalue weighted by Crippen LogP contribution is 2.12. The molecule has 1 aromatic heterocycles. The summed E-state index contributed by atoms with van der Waals surface area (Å²) in [7, 11) is 1.81. The molecule has 1 amide bonds. The minimum atomic E-state index is -0.184. The summed E-state index contributed by atoms with van der Waals surface area (Å²) in [5, 5.41) is 2.96. The molecule has 0 aliphatic heterocycles. The summed E-state index contributed by atoms with van der Waals surface area (Å²) in [6, 6.07) is 1.68. The van der Waals surface area contributed by atoms with E-state index in [-0.39, 0.29) is 11.4 Å². The van der Waals surface area contributed by atoms with Crippen LogP contribution in [0.4, 0.5) is 5.69 Å². The lowest BCUT2D eigenvalue weighted by atomic mass is 10.0. The lowest BCUT2D eigenvalue weighted by molar-refractivity contribution is 0.0903. The predicted molar refractivity (Wildman–Crippen MR) is 61.7 cm³/mol. The zero-order valence-corrected chi connectivity index (χ0v) is 9.79. The zero-order chi connectivity index (χ0) is 11.6. The molecule has 84 valence electrons. The second-order valence-electron chi connectivity index (χ2n) is 4.46. The van der Waals surface area contributed by atoms with Gasteiger partial charge in [0.15, 0.2) is 0 Å². The van der Waals surface area contributed by atoms with Gasteiger partial charge in [-0.05, 0) is 26.3 Å². The predicted octanol–water partition coefficient (Wildman–Crippen LogP) is 1.53. The first-order valence-corrected chi connectivity index (χ1v) is 5.10. The van der Waals surface area contributed by atoms with Crippen LogP contribution in [0.25, 0.3) is 0 Å². The largest absolute Gasteiger partial charge is 0.397 e. The van der Waals surface area contributed by atoms with Crippen molar-refractivity contribution in [3.05, 3.63) is 18.0 Å². The van der Waals surface area contributed by atoms with Crippen LogP contribution >= 0.6 is 0 Å². The lowest BCUT2D eigenvalue weighted by Gasteiger charge is -2.24. The number of nitrogens with zero attached hydrogens (tertiary/aromatic N) is 1. The van der Waals surface area contributed by atoms with E-state index < -0.39 is 0 Å². The van der Waals surface area contributed by atoms with E-state index in [1.165, 1.54) is 0 Å². The third kappa shape index (κ3) is 2.75. The van der Waals surface area contributed by atoms with E-state index >= 15 is 0 Å². The van der Waals surface area contributed by atoms with E-state index in [1.54, 1.807) is 16.8 Å². The van der Waals surface area contributed by atoms with E-state index in [9.17, 15) is 4.79 Å². The van der Waals surface area contributed by atoms with Gasteiger partial charge in [0.05, 0.1) is 5.69 Å². The van der Waals surface area contributed by atoms with Crippen LogP contribution in [0.3, 0.4) is 0 Å². The Labute approximate surface area is 90.5 Å². The fourth-order valence-corrected chi connectivity index (χ4v) is 1.28. The van der Waals surface area contributed by atoms with Crippen molar-refractivity contribution in [3.8, 4) is 0 Å². The van der Waals surface area contributed by atoms with Crippen LogP contribution in [0.5, 0.6) is 0 Å². The van der Waals surface area contributed by atoms with Crippen molar-refractivity contribution in [2.75, 3.05) is 5.73 Å². The van der Waals surface area contributed by atoms with E-state index in [1.807, 2.05) is 27.8 Å². The number of aryl methyl sites for hydroxylation is 1. The number of hydrogen-bond donors (Lipinski definition) is 2. The third-order valence-electron chi connectivity index (χ3n) is 2.59. The number of nitrogens with one attached hydrogen (secondary N) is 1. The number of amides is 1. The second kappa shape index (κ2) is 3.96. The summed E-state index contributed by atoms with van der Waals surface area (Å²) in [4.78, 5) is 11.9. The molecule has 15 heavy (non-hydrogen) atoms. The van der Waals surface area contributed by atoms with Crippen molar-refractivity contribution in [1.29, 1.82) is 0 Å². The number of rotatable bonds is 3. The highest BCUT2D eigenvalue weighted by atomic mass is 16.2. The Morgan fingerprint density at radius 2 is 2.20 bits per heavy atom. The molecule has 0 aliphatic rings. The van der Waals surface area contributed by atoms with Gasteiger partial charge in [-0.25, -0.2) is 0 Å². The van der Waals surface area contributed by atoms with E-state index in [0.717, 1.165) is 6.42 Å². The van der Waals surface area contributed by atoms with Gasteiger partial charge in [0.25, 0.3) is 5.91 Å². The Hall–Kier alpha value is -1.45. The molecule has 0 atom stereocenters. The maximum Gasteiger partial charge on any atom is 0.268 e. The Bertz CT molecular complexity index is 366. The third-order valence-corrected chi connectivity index (χ3v) is 2.59. The molecule has 0 bridgehead atoms. The summed E-state index contributed by atoms with van der Waals surface area (Å²) < 4.78 is 1.73. The monoisotopic (exact) mass is 209 g/mol. The number of hydrogen-bond acceptors (Lipinski definition) is 2. The number of carbonyl (C=O) groups is 1. The Balaban J connectivity index is 2.82. The molecule has 4 nitrogen and oxygen atoms in total. The average molecular weight is 209 g/mol. The van der Waals surface area contributed by atoms with Crippen LogP contribution in [0.2, 0.25) is 0 Å².